The number of hydrogen-bond donors (Lipinski definition) is 2. The number of nitrogens with one attached hydrogen (secondary N) is 2. The van der Waals surface area contributed by atoms with Gasteiger partial charge in [-0.3, -0.25) is 0 Å². The smallest absolute Gasteiger partial charge is 0.192 e. The first-order valence-electron chi connectivity index (χ1n) is 10.5. The topological polar surface area (TPSA) is 63.5 Å². The highest BCUT2D eigenvalue weighted by Crippen LogP contribution is 2.31. The lowest BCUT2D eigenvalue weighted by Gasteiger charge is -2.28. The largest absolute Gasteiger partial charge is 0.493 e. The van der Waals surface area contributed by atoms with Crippen LogP contribution in [0.15, 0.2) is 59.6 Å². The average Bonchev–Trinajstić information content (AvgIpc) is 3.10. The van der Waals surface area contributed by atoms with E-state index in [9.17, 15) is 0 Å². The van der Waals surface area contributed by atoms with Crippen LogP contribution >= 0.6 is 24.0 Å². The zero-order valence-corrected chi connectivity index (χ0v) is 20.6. The molecule has 0 saturated heterocycles. The van der Waals surface area contributed by atoms with Gasteiger partial charge in [0.2, 0.25) is 0 Å². The molecule has 0 fully saturated rings. The summed E-state index contributed by atoms with van der Waals surface area (Å²) < 4.78 is 7.79. The maximum Gasteiger partial charge on any atom is 0.192 e. The fraction of sp³-hybridized carbons (Fsp3) is 0.333. The molecule has 164 valence electrons. The molecule has 1 aliphatic rings. The van der Waals surface area contributed by atoms with Crippen molar-refractivity contribution in [1.82, 2.24) is 20.4 Å². The maximum absolute atomic E-state index is 5.79. The van der Waals surface area contributed by atoms with Crippen molar-refractivity contribution in [1.29, 1.82) is 0 Å². The number of aryl methyl sites for hydroxylation is 2. The van der Waals surface area contributed by atoms with Crippen LogP contribution in [0, 0.1) is 13.8 Å². The molecule has 0 amide bonds. The molecule has 0 spiro atoms. The molecule has 0 radical (unpaired) electrons. The molecule has 1 unspecified atom stereocenters. The SMILES string of the molecule is CCNC(=NCc1ccccc1-n1nc(C)cc1C)NC1CCOc2ccccc21.I. The Balaban J connectivity index is 0.00000272. The van der Waals surface area contributed by atoms with Gasteiger partial charge in [-0.25, -0.2) is 9.67 Å². The average molecular weight is 531 g/mol. The summed E-state index contributed by atoms with van der Waals surface area (Å²) in [6.45, 7) is 8.25. The molecule has 2 N–H and O–H groups in total. The zero-order chi connectivity index (χ0) is 20.9. The van der Waals surface area contributed by atoms with Crippen molar-refractivity contribution in [2.75, 3.05) is 13.2 Å². The highest BCUT2D eigenvalue weighted by Gasteiger charge is 2.21. The summed E-state index contributed by atoms with van der Waals surface area (Å²) in [7, 11) is 0. The normalized spacial score (nSPS) is 15.5. The zero-order valence-electron chi connectivity index (χ0n) is 18.3. The van der Waals surface area contributed by atoms with Crippen LogP contribution in [0.5, 0.6) is 5.75 Å². The van der Waals surface area contributed by atoms with Gasteiger partial charge in [-0.1, -0.05) is 36.4 Å². The van der Waals surface area contributed by atoms with Crippen molar-refractivity contribution in [3.05, 3.63) is 77.1 Å². The number of fused-ring (bicyclic) bond motifs is 1. The predicted octanol–water partition coefficient (Wildman–Crippen LogP) is 4.69. The molecule has 0 bridgehead atoms. The van der Waals surface area contributed by atoms with Gasteiger partial charge in [-0.2, -0.15) is 5.10 Å². The van der Waals surface area contributed by atoms with E-state index < -0.39 is 0 Å². The minimum atomic E-state index is 0. The van der Waals surface area contributed by atoms with Crippen LogP contribution in [0.4, 0.5) is 0 Å². The summed E-state index contributed by atoms with van der Waals surface area (Å²) in [5.41, 5.74) is 5.51. The highest BCUT2D eigenvalue weighted by molar-refractivity contribution is 14.0. The van der Waals surface area contributed by atoms with E-state index in [1.807, 2.05) is 29.8 Å². The van der Waals surface area contributed by atoms with E-state index in [1.165, 1.54) is 5.56 Å². The number of rotatable bonds is 5. The number of para-hydroxylation sites is 2. The lowest BCUT2D eigenvalue weighted by Crippen LogP contribution is -2.41. The first-order chi connectivity index (χ1) is 14.7. The Labute approximate surface area is 201 Å². The van der Waals surface area contributed by atoms with Crippen LogP contribution in [-0.2, 0) is 6.54 Å². The predicted molar refractivity (Wildman–Crippen MR) is 136 cm³/mol. The van der Waals surface area contributed by atoms with Crippen LogP contribution < -0.4 is 15.4 Å². The van der Waals surface area contributed by atoms with Crippen LogP contribution in [-0.4, -0.2) is 28.9 Å². The van der Waals surface area contributed by atoms with Gasteiger partial charge in [-0.15, -0.1) is 24.0 Å². The fourth-order valence-electron chi connectivity index (χ4n) is 3.87. The molecule has 6 nitrogen and oxygen atoms in total. The molecule has 2 aromatic carbocycles. The van der Waals surface area contributed by atoms with E-state index in [0.29, 0.717) is 13.2 Å². The van der Waals surface area contributed by atoms with Gasteiger partial charge in [0.1, 0.15) is 5.75 Å². The van der Waals surface area contributed by atoms with Gasteiger partial charge in [-0.05, 0) is 44.5 Å². The molecule has 1 aromatic heterocycles. The quantitative estimate of drug-likeness (QED) is 0.285. The minimum absolute atomic E-state index is 0. The lowest BCUT2D eigenvalue weighted by atomic mass is 10.0. The fourth-order valence-corrected chi connectivity index (χ4v) is 3.87. The summed E-state index contributed by atoms with van der Waals surface area (Å²) in [5, 5.41) is 11.6. The molecule has 2 heterocycles. The molecule has 0 aliphatic carbocycles. The van der Waals surface area contributed by atoms with Crippen molar-refractivity contribution in [3.63, 3.8) is 0 Å². The van der Waals surface area contributed by atoms with Gasteiger partial charge in [0, 0.05) is 24.2 Å². The van der Waals surface area contributed by atoms with Crippen molar-refractivity contribution in [3.8, 4) is 11.4 Å². The number of ether oxygens (including phenoxy) is 1. The van der Waals surface area contributed by atoms with Crippen molar-refractivity contribution < 1.29 is 4.74 Å². The van der Waals surface area contributed by atoms with Crippen molar-refractivity contribution in [2.45, 2.75) is 39.8 Å². The van der Waals surface area contributed by atoms with Crippen LogP contribution in [0.25, 0.3) is 5.69 Å². The maximum atomic E-state index is 5.79. The van der Waals surface area contributed by atoms with Crippen molar-refractivity contribution in [2.24, 2.45) is 4.99 Å². The highest BCUT2D eigenvalue weighted by atomic mass is 127. The second-order valence-corrected chi connectivity index (χ2v) is 7.53. The van der Waals surface area contributed by atoms with Gasteiger partial charge in [0.05, 0.1) is 30.6 Å². The Morgan fingerprint density at radius 2 is 1.94 bits per heavy atom. The monoisotopic (exact) mass is 531 g/mol. The Hall–Kier alpha value is -2.55. The second-order valence-electron chi connectivity index (χ2n) is 7.53. The number of halogens is 1. The summed E-state index contributed by atoms with van der Waals surface area (Å²) in [5.74, 6) is 1.76. The standard InChI is InChI=1S/C24H29N5O.HI/c1-4-25-24(27-21-13-14-30-23-12-8-6-10-20(21)23)26-16-19-9-5-7-11-22(19)29-18(3)15-17(2)28-29;/h5-12,15,21H,4,13-14,16H2,1-3H3,(H2,25,26,27);1H. The van der Waals surface area contributed by atoms with Crippen LogP contribution in [0.3, 0.4) is 0 Å². The third kappa shape index (κ3) is 5.39. The van der Waals surface area contributed by atoms with Gasteiger partial charge in [0.25, 0.3) is 0 Å². The molecule has 1 aliphatic heterocycles. The summed E-state index contributed by atoms with van der Waals surface area (Å²) >= 11 is 0. The van der Waals surface area contributed by atoms with E-state index in [2.05, 4.69) is 66.0 Å². The lowest BCUT2D eigenvalue weighted by molar-refractivity contribution is 0.261. The Morgan fingerprint density at radius 1 is 1.16 bits per heavy atom. The number of guanidine groups is 1. The molecular formula is C24H30IN5O. The second kappa shape index (κ2) is 10.7. The molecule has 0 saturated carbocycles. The number of aromatic nitrogens is 2. The molecule has 7 heteroatoms. The van der Waals surface area contributed by atoms with Gasteiger partial charge >= 0.3 is 0 Å². The minimum Gasteiger partial charge on any atom is -0.493 e. The Bertz CT molecular complexity index is 1050. The summed E-state index contributed by atoms with van der Waals surface area (Å²) in [6.07, 6.45) is 0.907. The number of benzene rings is 2. The van der Waals surface area contributed by atoms with Crippen molar-refractivity contribution >= 4 is 29.9 Å². The Morgan fingerprint density at radius 3 is 2.71 bits per heavy atom. The molecule has 1 atom stereocenters. The first-order valence-corrected chi connectivity index (χ1v) is 10.5. The Kier molecular flexibility index (Phi) is 7.95. The number of aliphatic imine (C=N–C) groups is 1. The van der Waals surface area contributed by atoms with Crippen LogP contribution in [0.2, 0.25) is 0 Å². The van der Waals surface area contributed by atoms with E-state index in [1.54, 1.807) is 0 Å². The molecule has 4 rings (SSSR count). The third-order valence-corrected chi connectivity index (χ3v) is 5.25. The van der Waals surface area contributed by atoms with E-state index in [-0.39, 0.29) is 30.0 Å². The first kappa shape index (κ1) is 23.1. The summed E-state index contributed by atoms with van der Waals surface area (Å²) in [6, 6.07) is 18.8. The number of hydrogen-bond acceptors (Lipinski definition) is 3. The van der Waals surface area contributed by atoms with E-state index in [0.717, 1.165) is 47.3 Å². The van der Waals surface area contributed by atoms with E-state index in [4.69, 9.17) is 9.73 Å². The van der Waals surface area contributed by atoms with E-state index >= 15 is 0 Å². The summed E-state index contributed by atoms with van der Waals surface area (Å²) in [4.78, 5) is 4.89. The molecule has 3 aromatic rings. The van der Waals surface area contributed by atoms with Gasteiger partial charge in [0.15, 0.2) is 5.96 Å². The van der Waals surface area contributed by atoms with Gasteiger partial charge < -0.3 is 15.4 Å². The number of nitrogens with zero attached hydrogens (tertiary/aromatic N) is 3. The molecule has 31 heavy (non-hydrogen) atoms. The van der Waals surface area contributed by atoms with Crippen LogP contribution in [0.1, 0.15) is 41.9 Å². The molecular weight excluding hydrogens is 501 g/mol. The third-order valence-electron chi connectivity index (χ3n) is 5.25.